The molecule has 0 amide bonds. The molecule has 0 saturated carbocycles. The van der Waals surface area contributed by atoms with E-state index in [1.165, 1.54) is 0 Å². The Morgan fingerprint density at radius 1 is 0.952 bits per heavy atom. The van der Waals surface area contributed by atoms with Gasteiger partial charge in [-0.25, -0.2) is 23.1 Å². The van der Waals surface area contributed by atoms with E-state index in [2.05, 4.69) is 9.97 Å². The van der Waals surface area contributed by atoms with Crippen LogP contribution in [0.3, 0.4) is 0 Å². The molecule has 0 radical (unpaired) electrons. The highest BCUT2D eigenvalue weighted by Gasteiger charge is 2.14. The Hall–Kier alpha value is -2.63. The summed E-state index contributed by atoms with van der Waals surface area (Å²) >= 11 is 0. The molecule has 0 aliphatic rings. The van der Waals surface area contributed by atoms with E-state index in [0.29, 0.717) is 10.9 Å². The summed E-state index contributed by atoms with van der Waals surface area (Å²) in [5.74, 6) is -3.87. The predicted molar refractivity (Wildman–Crippen MR) is 74.0 cm³/mol. The smallest absolute Gasteiger partial charge is 0.194 e. The van der Waals surface area contributed by atoms with Crippen molar-refractivity contribution in [1.82, 2.24) is 9.97 Å². The number of nitrogens with two attached hydrogens (primary N) is 1. The quantitative estimate of drug-likeness (QED) is 0.696. The molecule has 106 valence electrons. The zero-order valence-corrected chi connectivity index (χ0v) is 11.0. The summed E-state index contributed by atoms with van der Waals surface area (Å²) in [4.78, 5) is 8.25. The fourth-order valence-corrected chi connectivity index (χ4v) is 2.08. The Morgan fingerprint density at radius 2 is 1.62 bits per heavy atom. The number of nitrogens with zero attached hydrogens (tertiary/aromatic N) is 2. The highest BCUT2D eigenvalue weighted by Crippen LogP contribution is 2.26. The second kappa shape index (κ2) is 4.73. The van der Waals surface area contributed by atoms with E-state index in [1.807, 2.05) is 19.1 Å². The maximum absolute atomic E-state index is 13.3. The minimum atomic E-state index is -1.52. The summed E-state index contributed by atoms with van der Waals surface area (Å²) in [5, 5.41) is 0.654. The third-order valence-corrected chi connectivity index (χ3v) is 3.12. The van der Waals surface area contributed by atoms with Crippen LogP contribution in [-0.2, 0) is 0 Å². The van der Waals surface area contributed by atoms with Gasteiger partial charge in [-0.3, -0.25) is 0 Å². The molecule has 2 N–H and O–H groups in total. The zero-order valence-electron chi connectivity index (χ0n) is 11.0. The molecular formula is C15H10F3N3. The Balaban J connectivity index is 2.24. The van der Waals surface area contributed by atoms with Crippen LogP contribution in [0.15, 0.2) is 30.3 Å². The van der Waals surface area contributed by atoms with Crippen molar-refractivity contribution in [2.24, 2.45) is 0 Å². The number of aryl methyl sites for hydroxylation is 1. The third kappa shape index (κ3) is 2.29. The number of benzene rings is 2. The van der Waals surface area contributed by atoms with Gasteiger partial charge in [0.2, 0.25) is 0 Å². The highest BCUT2D eigenvalue weighted by molar-refractivity contribution is 5.90. The second-order valence-corrected chi connectivity index (χ2v) is 4.71. The molecule has 0 bridgehead atoms. The lowest BCUT2D eigenvalue weighted by atomic mass is 10.1. The molecule has 0 aliphatic heterocycles. The summed E-state index contributed by atoms with van der Waals surface area (Å²) < 4.78 is 39.6. The third-order valence-electron chi connectivity index (χ3n) is 3.12. The van der Waals surface area contributed by atoms with E-state index in [4.69, 9.17) is 5.73 Å². The Kier molecular flexibility index (Phi) is 3.01. The molecule has 3 nitrogen and oxygen atoms in total. The molecule has 0 saturated heterocycles. The number of aromatic nitrogens is 2. The summed E-state index contributed by atoms with van der Waals surface area (Å²) in [7, 11) is 0. The van der Waals surface area contributed by atoms with Crippen molar-refractivity contribution in [1.29, 1.82) is 0 Å². The van der Waals surface area contributed by atoms with Gasteiger partial charge >= 0.3 is 0 Å². The number of rotatable bonds is 1. The molecule has 3 rings (SSSR count). The van der Waals surface area contributed by atoms with Crippen LogP contribution in [0.1, 0.15) is 5.56 Å². The lowest BCUT2D eigenvalue weighted by Crippen LogP contribution is -2.00. The molecule has 0 fully saturated rings. The van der Waals surface area contributed by atoms with Gasteiger partial charge in [0.05, 0.1) is 5.52 Å². The molecule has 6 heteroatoms. The number of halogens is 3. The van der Waals surface area contributed by atoms with Gasteiger partial charge in [-0.05, 0) is 31.2 Å². The Morgan fingerprint density at radius 3 is 2.29 bits per heavy atom. The Labute approximate surface area is 118 Å². The maximum atomic E-state index is 13.3. The topological polar surface area (TPSA) is 51.8 Å². The van der Waals surface area contributed by atoms with E-state index in [0.717, 1.165) is 17.7 Å². The normalized spacial score (nSPS) is 11.0. The van der Waals surface area contributed by atoms with Crippen molar-refractivity contribution in [3.8, 4) is 11.4 Å². The average Bonchev–Trinajstić information content (AvgIpc) is 2.44. The standard InChI is InChI=1S/C15H10F3N3/c1-7-2-3-12-9(4-7)14(19)21-15(20-12)8-5-10(16)13(18)11(17)6-8/h2-6H,1H3,(H2,19,20,21). The maximum Gasteiger partial charge on any atom is 0.194 e. The average molecular weight is 289 g/mol. The minimum absolute atomic E-state index is 0.0283. The van der Waals surface area contributed by atoms with Gasteiger partial charge in [-0.15, -0.1) is 0 Å². The first kappa shape index (κ1) is 13.4. The summed E-state index contributed by atoms with van der Waals surface area (Å²) in [6.07, 6.45) is 0. The van der Waals surface area contributed by atoms with Crippen LogP contribution >= 0.6 is 0 Å². The molecule has 1 aromatic heterocycles. The largest absolute Gasteiger partial charge is 0.383 e. The molecule has 2 aromatic carbocycles. The predicted octanol–water partition coefficient (Wildman–Crippen LogP) is 3.60. The first-order valence-electron chi connectivity index (χ1n) is 6.14. The lowest BCUT2D eigenvalue weighted by molar-refractivity contribution is 0.447. The summed E-state index contributed by atoms with van der Waals surface area (Å²) in [5.41, 5.74) is 7.42. The molecule has 0 aliphatic carbocycles. The van der Waals surface area contributed by atoms with Crippen LogP contribution in [0, 0.1) is 24.4 Å². The fourth-order valence-electron chi connectivity index (χ4n) is 2.08. The van der Waals surface area contributed by atoms with E-state index in [1.54, 1.807) is 6.07 Å². The molecule has 0 atom stereocenters. The van der Waals surface area contributed by atoms with Crippen LogP contribution in [0.25, 0.3) is 22.3 Å². The fraction of sp³-hybridized carbons (Fsp3) is 0.0667. The van der Waals surface area contributed by atoms with Crippen molar-refractivity contribution in [3.63, 3.8) is 0 Å². The van der Waals surface area contributed by atoms with Crippen molar-refractivity contribution in [3.05, 3.63) is 53.3 Å². The van der Waals surface area contributed by atoms with Crippen molar-refractivity contribution in [2.45, 2.75) is 6.92 Å². The van der Waals surface area contributed by atoms with E-state index in [-0.39, 0.29) is 17.2 Å². The molecule has 0 unspecified atom stereocenters. The molecule has 21 heavy (non-hydrogen) atoms. The highest BCUT2D eigenvalue weighted by atomic mass is 19.2. The van der Waals surface area contributed by atoms with Crippen LogP contribution in [0.2, 0.25) is 0 Å². The number of anilines is 1. The van der Waals surface area contributed by atoms with Gasteiger partial charge in [-0.2, -0.15) is 0 Å². The van der Waals surface area contributed by atoms with Gasteiger partial charge in [-0.1, -0.05) is 11.6 Å². The minimum Gasteiger partial charge on any atom is -0.383 e. The van der Waals surface area contributed by atoms with Gasteiger partial charge in [0.15, 0.2) is 23.3 Å². The van der Waals surface area contributed by atoms with Crippen LogP contribution in [0.4, 0.5) is 19.0 Å². The summed E-state index contributed by atoms with van der Waals surface area (Å²) in [6, 6.07) is 7.08. The number of hydrogen-bond donors (Lipinski definition) is 1. The number of fused-ring (bicyclic) bond motifs is 1. The molecule has 1 heterocycles. The van der Waals surface area contributed by atoms with Gasteiger partial charge in [0.1, 0.15) is 5.82 Å². The first-order chi connectivity index (χ1) is 9.95. The van der Waals surface area contributed by atoms with E-state index >= 15 is 0 Å². The lowest BCUT2D eigenvalue weighted by Gasteiger charge is -2.07. The van der Waals surface area contributed by atoms with Crippen LogP contribution in [-0.4, -0.2) is 9.97 Å². The monoisotopic (exact) mass is 289 g/mol. The number of nitrogen functional groups attached to an aromatic ring is 1. The van der Waals surface area contributed by atoms with Crippen LogP contribution < -0.4 is 5.73 Å². The molecule has 3 aromatic rings. The summed E-state index contributed by atoms with van der Waals surface area (Å²) in [6.45, 7) is 1.90. The second-order valence-electron chi connectivity index (χ2n) is 4.71. The first-order valence-corrected chi connectivity index (χ1v) is 6.14. The van der Waals surface area contributed by atoms with Crippen molar-refractivity contribution < 1.29 is 13.2 Å². The zero-order chi connectivity index (χ0) is 15.1. The molecule has 0 spiro atoms. The van der Waals surface area contributed by atoms with Crippen molar-refractivity contribution in [2.75, 3.05) is 5.73 Å². The van der Waals surface area contributed by atoms with E-state index < -0.39 is 17.5 Å². The van der Waals surface area contributed by atoms with Gasteiger partial charge in [0.25, 0.3) is 0 Å². The van der Waals surface area contributed by atoms with Gasteiger partial charge < -0.3 is 5.73 Å². The van der Waals surface area contributed by atoms with Gasteiger partial charge in [0, 0.05) is 10.9 Å². The SMILES string of the molecule is Cc1ccc2nc(-c3cc(F)c(F)c(F)c3)nc(N)c2c1. The van der Waals surface area contributed by atoms with E-state index in [9.17, 15) is 13.2 Å². The van der Waals surface area contributed by atoms with Crippen molar-refractivity contribution >= 4 is 16.7 Å². The Bertz CT molecular complexity index is 839. The van der Waals surface area contributed by atoms with Crippen LogP contribution in [0.5, 0.6) is 0 Å². The molecular weight excluding hydrogens is 279 g/mol. The number of hydrogen-bond acceptors (Lipinski definition) is 3.